The second kappa shape index (κ2) is 4.67. The zero-order valence-electron chi connectivity index (χ0n) is 10.3. The minimum atomic E-state index is -0.208. The molecule has 2 rings (SSSR count). The second-order valence-corrected chi connectivity index (χ2v) is 4.57. The van der Waals surface area contributed by atoms with Crippen molar-refractivity contribution in [2.45, 2.75) is 26.3 Å². The predicted octanol–water partition coefficient (Wildman–Crippen LogP) is 1.52. The van der Waals surface area contributed by atoms with Gasteiger partial charge < -0.3 is 10.3 Å². The average molecular weight is 235 g/mol. The predicted molar refractivity (Wildman–Crippen MR) is 62.9 cm³/mol. The molecule has 17 heavy (non-hydrogen) atoms. The van der Waals surface area contributed by atoms with E-state index in [0.29, 0.717) is 23.3 Å². The maximum absolute atomic E-state index is 5.97. The van der Waals surface area contributed by atoms with Crippen molar-refractivity contribution in [1.29, 1.82) is 0 Å². The van der Waals surface area contributed by atoms with Crippen molar-refractivity contribution >= 4 is 0 Å². The van der Waals surface area contributed by atoms with Crippen molar-refractivity contribution in [1.82, 2.24) is 19.9 Å². The summed E-state index contributed by atoms with van der Waals surface area (Å²) in [5.41, 5.74) is 6.66. The van der Waals surface area contributed by atoms with Crippen LogP contribution in [0.2, 0.25) is 0 Å². The van der Waals surface area contributed by atoms with Gasteiger partial charge in [0.05, 0.1) is 6.04 Å². The van der Waals surface area contributed by atoms with Gasteiger partial charge in [-0.05, 0) is 18.4 Å². The van der Waals surface area contributed by atoms with E-state index >= 15 is 0 Å². The number of hydrogen-bond donors (Lipinski definition) is 1. The summed E-state index contributed by atoms with van der Waals surface area (Å²) in [6, 6.07) is 1.63. The fraction of sp³-hybridized carbons (Fsp3) is 0.545. The highest BCUT2D eigenvalue weighted by Gasteiger charge is 2.17. The maximum atomic E-state index is 5.97. The summed E-state index contributed by atoms with van der Waals surface area (Å²) < 4.78 is 6.85. The first-order valence-corrected chi connectivity index (χ1v) is 5.65. The van der Waals surface area contributed by atoms with Crippen LogP contribution in [-0.4, -0.2) is 19.9 Å². The van der Waals surface area contributed by atoms with Gasteiger partial charge in [0.15, 0.2) is 0 Å². The third-order valence-electron chi connectivity index (χ3n) is 2.43. The van der Waals surface area contributed by atoms with Crippen LogP contribution in [0.5, 0.6) is 0 Å². The molecule has 1 atom stereocenters. The number of hydrogen-bond acceptors (Lipinski definition) is 5. The molecule has 0 aliphatic rings. The minimum absolute atomic E-state index is 0.208. The molecule has 2 heterocycles. The van der Waals surface area contributed by atoms with Gasteiger partial charge in [0.25, 0.3) is 0 Å². The lowest BCUT2D eigenvalue weighted by atomic mass is 10.0. The van der Waals surface area contributed by atoms with Crippen molar-refractivity contribution in [2.24, 2.45) is 18.7 Å². The van der Waals surface area contributed by atoms with Gasteiger partial charge in [-0.25, -0.2) is 0 Å². The smallest absolute Gasteiger partial charge is 0.243 e. The number of nitrogens with zero attached hydrogens (tertiary/aromatic N) is 4. The Kier molecular flexibility index (Phi) is 3.23. The van der Waals surface area contributed by atoms with Crippen LogP contribution in [0.25, 0.3) is 11.5 Å². The first-order chi connectivity index (χ1) is 8.06. The molecule has 92 valence electrons. The molecule has 0 aliphatic heterocycles. The molecule has 0 aromatic carbocycles. The summed E-state index contributed by atoms with van der Waals surface area (Å²) in [7, 11) is 1.84. The van der Waals surface area contributed by atoms with E-state index in [0.717, 1.165) is 6.42 Å². The Morgan fingerprint density at radius 1 is 1.47 bits per heavy atom. The third-order valence-corrected chi connectivity index (χ3v) is 2.43. The molecule has 2 N–H and O–H groups in total. The molecule has 6 nitrogen and oxygen atoms in total. The molecular formula is C11H17N5O. The highest BCUT2D eigenvalue weighted by Crippen LogP contribution is 2.20. The van der Waals surface area contributed by atoms with Crippen LogP contribution in [0.15, 0.2) is 16.8 Å². The molecule has 0 saturated carbocycles. The lowest BCUT2D eigenvalue weighted by Gasteiger charge is -2.08. The molecule has 0 fully saturated rings. The van der Waals surface area contributed by atoms with Crippen LogP contribution in [0, 0.1) is 5.92 Å². The Bertz CT molecular complexity index is 488. The molecule has 2 aromatic rings. The highest BCUT2D eigenvalue weighted by atomic mass is 16.5. The van der Waals surface area contributed by atoms with E-state index in [2.05, 4.69) is 29.1 Å². The van der Waals surface area contributed by atoms with Gasteiger partial charge in [0.2, 0.25) is 11.7 Å². The molecule has 0 amide bonds. The Labute approximate surface area is 99.8 Å². The van der Waals surface area contributed by atoms with Crippen molar-refractivity contribution in [3.8, 4) is 11.5 Å². The molecule has 0 radical (unpaired) electrons. The lowest BCUT2D eigenvalue weighted by molar-refractivity contribution is 0.335. The number of nitrogens with two attached hydrogens (primary N) is 1. The zero-order valence-corrected chi connectivity index (χ0v) is 10.3. The van der Waals surface area contributed by atoms with Gasteiger partial charge in [-0.3, -0.25) is 4.68 Å². The average Bonchev–Trinajstić information content (AvgIpc) is 2.84. The SMILES string of the molecule is CC(C)C[C@@H](N)c1nc(-c2ccn(C)n2)no1. The largest absolute Gasteiger partial charge is 0.337 e. The molecule has 2 aromatic heterocycles. The fourth-order valence-corrected chi connectivity index (χ4v) is 1.63. The van der Waals surface area contributed by atoms with Crippen molar-refractivity contribution < 1.29 is 4.52 Å². The minimum Gasteiger partial charge on any atom is -0.337 e. The normalized spacial score (nSPS) is 13.2. The van der Waals surface area contributed by atoms with Gasteiger partial charge in [0, 0.05) is 13.2 Å². The Balaban J connectivity index is 2.15. The number of aryl methyl sites for hydroxylation is 1. The van der Waals surface area contributed by atoms with Gasteiger partial charge in [-0.15, -0.1) is 0 Å². The maximum Gasteiger partial charge on any atom is 0.243 e. The topological polar surface area (TPSA) is 82.8 Å². The molecule has 0 spiro atoms. The summed E-state index contributed by atoms with van der Waals surface area (Å²) in [6.07, 6.45) is 2.66. The van der Waals surface area contributed by atoms with E-state index in [4.69, 9.17) is 10.3 Å². The molecule has 0 unspecified atom stereocenters. The van der Waals surface area contributed by atoms with E-state index in [9.17, 15) is 0 Å². The fourth-order valence-electron chi connectivity index (χ4n) is 1.63. The second-order valence-electron chi connectivity index (χ2n) is 4.57. The monoisotopic (exact) mass is 235 g/mol. The molecule has 6 heteroatoms. The number of aromatic nitrogens is 4. The Hall–Kier alpha value is -1.69. The van der Waals surface area contributed by atoms with E-state index < -0.39 is 0 Å². The number of rotatable bonds is 4. The van der Waals surface area contributed by atoms with Gasteiger partial charge in [0.1, 0.15) is 5.69 Å². The molecular weight excluding hydrogens is 218 g/mol. The Morgan fingerprint density at radius 3 is 2.82 bits per heavy atom. The van der Waals surface area contributed by atoms with Gasteiger partial charge >= 0.3 is 0 Å². The molecule has 0 saturated heterocycles. The molecule has 0 bridgehead atoms. The first kappa shape index (κ1) is 11.8. The Morgan fingerprint density at radius 2 is 2.24 bits per heavy atom. The van der Waals surface area contributed by atoms with Crippen LogP contribution < -0.4 is 5.73 Å². The quantitative estimate of drug-likeness (QED) is 0.868. The summed E-state index contributed by atoms with van der Waals surface area (Å²) in [5.74, 6) is 1.45. The summed E-state index contributed by atoms with van der Waals surface area (Å²) in [4.78, 5) is 4.27. The zero-order chi connectivity index (χ0) is 12.4. The third kappa shape index (κ3) is 2.71. The van der Waals surface area contributed by atoms with Gasteiger partial charge in [-0.2, -0.15) is 10.1 Å². The summed E-state index contributed by atoms with van der Waals surface area (Å²) >= 11 is 0. The lowest BCUT2D eigenvalue weighted by Crippen LogP contribution is -2.13. The summed E-state index contributed by atoms with van der Waals surface area (Å²) in [5, 5.41) is 8.09. The standard InChI is InChI=1S/C11H17N5O/c1-7(2)6-8(12)11-13-10(15-17-11)9-4-5-16(3)14-9/h4-5,7-8H,6,12H2,1-3H3/t8-/m1/s1. The van der Waals surface area contributed by atoms with Crippen molar-refractivity contribution in [2.75, 3.05) is 0 Å². The van der Waals surface area contributed by atoms with Crippen molar-refractivity contribution in [3.63, 3.8) is 0 Å². The van der Waals surface area contributed by atoms with Crippen LogP contribution in [0.1, 0.15) is 32.2 Å². The summed E-state index contributed by atoms with van der Waals surface area (Å²) in [6.45, 7) is 4.21. The van der Waals surface area contributed by atoms with Crippen molar-refractivity contribution in [3.05, 3.63) is 18.2 Å². The van der Waals surface area contributed by atoms with Gasteiger partial charge in [-0.1, -0.05) is 19.0 Å². The van der Waals surface area contributed by atoms with Crippen LogP contribution >= 0.6 is 0 Å². The van der Waals surface area contributed by atoms with E-state index in [-0.39, 0.29) is 6.04 Å². The first-order valence-electron chi connectivity index (χ1n) is 5.65. The van der Waals surface area contributed by atoms with E-state index in [1.165, 1.54) is 0 Å². The van der Waals surface area contributed by atoms with Crippen LogP contribution in [0.3, 0.4) is 0 Å². The van der Waals surface area contributed by atoms with Crippen LogP contribution in [-0.2, 0) is 7.05 Å². The molecule has 0 aliphatic carbocycles. The van der Waals surface area contributed by atoms with Crippen LogP contribution in [0.4, 0.5) is 0 Å². The van der Waals surface area contributed by atoms with E-state index in [1.54, 1.807) is 4.68 Å². The van der Waals surface area contributed by atoms with E-state index in [1.807, 2.05) is 19.3 Å². The highest BCUT2D eigenvalue weighted by molar-refractivity contribution is 5.46.